The third-order valence-corrected chi connectivity index (χ3v) is 3.46. The molecule has 2 rings (SSSR count). The van der Waals surface area contributed by atoms with E-state index >= 15 is 0 Å². The maximum absolute atomic E-state index is 3.55. The van der Waals surface area contributed by atoms with Crippen molar-refractivity contribution in [2.24, 2.45) is 0 Å². The molecule has 0 spiro atoms. The fraction of sp³-hybridized carbons (Fsp3) is 0.529. The number of nitrogens with one attached hydrogen (secondary N) is 1. The van der Waals surface area contributed by atoms with Crippen LogP contribution in [0.15, 0.2) is 24.3 Å². The molecule has 0 atom stereocenters. The van der Waals surface area contributed by atoms with E-state index in [9.17, 15) is 0 Å². The minimum Gasteiger partial charge on any atom is -0.362 e. The molecule has 1 aliphatic rings. The molecule has 0 radical (unpaired) electrons. The Bertz CT molecular complexity index is 377. The number of allylic oxidation sites excluding steroid dienone is 4. The Kier molecular flexibility index (Phi) is 9.87. The summed E-state index contributed by atoms with van der Waals surface area (Å²) in [5.41, 5.74) is 6.05. The molecule has 1 aliphatic carbocycles. The Hall–Kier alpha value is -0.617. The van der Waals surface area contributed by atoms with Crippen molar-refractivity contribution < 1.29 is 19.5 Å². The van der Waals surface area contributed by atoms with Crippen LogP contribution in [-0.4, -0.2) is 4.98 Å². The number of hydrogen-bond acceptors (Lipinski definition) is 0. The normalized spacial score (nSPS) is 12.0. The first-order valence-electron chi connectivity index (χ1n) is 7.31. The fourth-order valence-corrected chi connectivity index (χ4v) is 2.55. The molecule has 1 aromatic rings. The van der Waals surface area contributed by atoms with Crippen LogP contribution in [0.4, 0.5) is 0 Å². The third kappa shape index (κ3) is 5.11. The van der Waals surface area contributed by atoms with Crippen molar-refractivity contribution in [2.45, 2.75) is 59.8 Å². The Morgan fingerprint density at radius 1 is 0.789 bits per heavy atom. The first-order chi connectivity index (χ1) is 8.78. The summed E-state index contributed by atoms with van der Waals surface area (Å²) in [6.07, 6.45) is 14.1. The molecule has 0 amide bonds. The zero-order valence-corrected chi connectivity index (χ0v) is 14.4. The zero-order chi connectivity index (χ0) is 13.4. The summed E-state index contributed by atoms with van der Waals surface area (Å²) < 4.78 is 0. The Balaban J connectivity index is 0.000000454. The van der Waals surface area contributed by atoms with Gasteiger partial charge in [0.2, 0.25) is 0 Å². The van der Waals surface area contributed by atoms with Gasteiger partial charge in [0.05, 0.1) is 0 Å². The molecule has 0 saturated carbocycles. The molecule has 2 heteroatoms. The predicted octanol–water partition coefficient (Wildman–Crippen LogP) is 4.76. The average Bonchev–Trinajstić information content (AvgIpc) is 3.08. The molecule has 0 bridgehead atoms. The minimum atomic E-state index is 0. The Labute approximate surface area is 131 Å². The molecule has 0 fully saturated rings. The van der Waals surface area contributed by atoms with E-state index in [1.54, 1.807) is 11.1 Å². The summed E-state index contributed by atoms with van der Waals surface area (Å²) in [4.78, 5) is 3.55. The van der Waals surface area contributed by atoms with Crippen LogP contribution in [-0.2, 0) is 45.2 Å². The quantitative estimate of drug-likeness (QED) is 0.756. The van der Waals surface area contributed by atoms with Crippen molar-refractivity contribution in [1.29, 1.82) is 0 Å². The summed E-state index contributed by atoms with van der Waals surface area (Å²) in [6.45, 7) is 8.95. The first kappa shape index (κ1) is 18.4. The van der Waals surface area contributed by atoms with Gasteiger partial charge in [-0.3, -0.25) is 0 Å². The molecule has 0 unspecified atom stereocenters. The molecule has 19 heavy (non-hydrogen) atoms. The number of H-pyrrole nitrogens is 1. The maximum Gasteiger partial charge on any atom is 0.0181 e. The van der Waals surface area contributed by atoms with E-state index < -0.39 is 0 Å². The summed E-state index contributed by atoms with van der Waals surface area (Å²) in [6, 6.07) is 0. The van der Waals surface area contributed by atoms with Crippen LogP contribution >= 0.6 is 0 Å². The van der Waals surface area contributed by atoms with Gasteiger partial charge in [-0.2, -0.15) is 0 Å². The van der Waals surface area contributed by atoms with Crippen molar-refractivity contribution in [3.63, 3.8) is 0 Å². The summed E-state index contributed by atoms with van der Waals surface area (Å²) in [5.74, 6) is 0. The molecule has 1 nitrogen and oxygen atoms in total. The molecule has 0 aliphatic heterocycles. The van der Waals surface area contributed by atoms with E-state index in [1.807, 2.05) is 0 Å². The maximum atomic E-state index is 3.55. The Morgan fingerprint density at radius 3 is 1.42 bits per heavy atom. The van der Waals surface area contributed by atoms with Crippen LogP contribution < -0.4 is 0 Å². The minimum absolute atomic E-state index is 0. The largest absolute Gasteiger partial charge is 0.362 e. The second-order valence-corrected chi connectivity index (χ2v) is 4.55. The van der Waals surface area contributed by atoms with Crippen molar-refractivity contribution in [1.82, 2.24) is 4.98 Å². The van der Waals surface area contributed by atoms with Crippen molar-refractivity contribution >= 4 is 0 Å². The molecule has 108 valence electrons. The predicted molar refractivity (Wildman–Crippen MR) is 81.2 cm³/mol. The molecular weight excluding hydrogens is 319 g/mol. The number of hydrogen-bond donors (Lipinski definition) is 1. The van der Waals surface area contributed by atoms with Crippen molar-refractivity contribution in [3.8, 4) is 0 Å². The molecular formula is C17H27NRu. The van der Waals surface area contributed by atoms with Gasteiger partial charge in [-0.1, -0.05) is 52.0 Å². The number of aromatic nitrogens is 1. The van der Waals surface area contributed by atoms with Gasteiger partial charge in [0, 0.05) is 30.9 Å². The monoisotopic (exact) mass is 347 g/mol. The summed E-state index contributed by atoms with van der Waals surface area (Å²) in [5, 5.41) is 0. The topological polar surface area (TPSA) is 15.8 Å². The van der Waals surface area contributed by atoms with Crippen molar-refractivity contribution in [2.75, 3.05) is 0 Å². The van der Waals surface area contributed by atoms with Gasteiger partial charge in [-0.15, -0.1) is 0 Å². The van der Waals surface area contributed by atoms with Crippen LogP contribution in [0.3, 0.4) is 0 Å². The van der Waals surface area contributed by atoms with E-state index in [-0.39, 0.29) is 19.5 Å². The summed E-state index contributed by atoms with van der Waals surface area (Å²) in [7, 11) is 0. The number of aromatic amines is 1. The van der Waals surface area contributed by atoms with E-state index in [0.717, 1.165) is 19.3 Å². The van der Waals surface area contributed by atoms with Gasteiger partial charge in [0.15, 0.2) is 0 Å². The number of aryl methyl sites for hydroxylation is 2. The van der Waals surface area contributed by atoms with Crippen LogP contribution in [0.2, 0.25) is 0 Å². The van der Waals surface area contributed by atoms with E-state index in [1.165, 1.54) is 24.2 Å². The second kappa shape index (κ2) is 10.2. The first-order valence-corrected chi connectivity index (χ1v) is 7.31. The fourth-order valence-electron chi connectivity index (χ4n) is 2.55. The average molecular weight is 346 g/mol. The molecule has 0 saturated heterocycles. The second-order valence-electron chi connectivity index (χ2n) is 4.55. The van der Waals surface area contributed by atoms with Crippen LogP contribution in [0.25, 0.3) is 0 Å². The van der Waals surface area contributed by atoms with Gasteiger partial charge in [-0.05, 0) is 43.2 Å². The van der Waals surface area contributed by atoms with E-state index in [4.69, 9.17) is 0 Å². The van der Waals surface area contributed by atoms with Gasteiger partial charge in [-0.25, -0.2) is 0 Å². The van der Waals surface area contributed by atoms with Gasteiger partial charge in [0.25, 0.3) is 0 Å². The van der Waals surface area contributed by atoms with E-state index in [2.05, 4.69) is 57.0 Å². The third-order valence-electron chi connectivity index (χ3n) is 3.46. The molecule has 1 heterocycles. The zero-order valence-electron chi connectivity index (χ0n) is 12.7. The standard InChI is InChI=1S/C12H21N.C5H6.Ru/c1-5-9-10(6-2)12(8-4)13-11(9)7-3;1-2-4-5-3-1;/h13H,5-8H2,1-4H3;1-4H,5H2;. The number of rotatable bonds is 4. The molecule has 1 aromatic heterocycles. The van der Waals surface area contributed by atoms with Gasteiger partial charge >= 0.3 is 0 Å². The van der Waals surface area contributed by atoms with Crippen LogP contribution in [0.5, 0.6) is 0 Å². The summed E-state index contributed by atoms with van der Waals surface area (Å²) >= 11 is 0. The smallest absolute Gasteiger partial charge is 0.0181 e. The van der Waals surface area contributed by atoms with E-state index in [0.29, 0.717) is 0 Å². The van der Waals surface area contributed by atoms with Gasteiger partial charge < -0.3 is 4.98 Å². The van der Waals surface area contributed by atoms with Crippen molar-refractivity contribution in [3.05, 3.63) is 46.8 Å². The SMILES string of the molecule is C1=CCC=C1.CCc1[nH]c(CC)c(CC)c1CC.[Ru]. The molecule has 0 aromatic carbocycles. The van der Waals surface area contributed by atoms with Crippen LogP contribution in [0, 0.1) is 0 Å². The molecule has 1 N–H and O–H groups in total. The van der Waals surface area contributed by atoms with Gasteiger partial charge in [0.1, 0.15) is 0 Å². The van der Waals surface area contributed by atoms with Crippen LogP contribution in [0.1, 0.15) is 56.6 Å². The Morgan fingerprint density at radius 2 is 1.21 bits per heavy atom.